The predicted molar refractivity (Wildman–Crippen MR) is 127 cm³/mol. The van der Waals surface area contributed by atoms with Crippen molar-refractivity contribution < 1.29 is 24.2 Å². The van der Waals surface area contributed by atoms with Gasteiger partial charge in [-0.3, -0.25) is 23.9 Å². The van der Waals surface area contributed by atoms with Gasteiger partial charge in [0.2, 0.25) is 5.91 Å². The molecule has 0 radical (unpaired) electrons. The second-order valence-corrected chi connectivity index (χ2v) is 8.78. The van der Waals surface area contributed by atoms with Crippen LogP contribution in [0.3, 0.4) is 0 Å². The summed E-state index contributed by atoms with van der Waals surface area (Å²) < 4.78 is 14.4. The molecule has 1 aliphatic rings. The van der Waals surface area contributed by atoms with E-state index < -0.39 is 28.9 Å². The average Bonchev–Trinajstić information content (AvgIpc) is 3.37. The van der Waals surface area contributed by atoms with E-state index in [0.717, 1.165) is 23.0 Å². The van der Waals surface area contributed by atoms with Crippen molar-refractivity contribution in [2.24, 2.45) is 0 Å². The van der Waals surface area contributed by atoms with E-state index in [1.54, 1.807) is 23.1 Å². The highest BCUT2D eigenvalue weighted by Crippen LogP contribution is 2.26. The van der Waals surface area contributed by atoms with Gasteiger partial charge in [-0.25, -0.2) is 4.39 Å². The maximum atomic E-state index is 13.4. The number of pyridine rings is 2. The molecular weight excluding hydrogens is 455 g/mol. The van der Waals surface area contributed by atoms with Crippen molar-refractivity contribution in [2.45, 2.75) is 38.8 Å². The van der Waals surface area contributed by atoms with Gasteiger partial charge >= 0.3 is 0 Å². The van der Waals surface area contributed by atoms with Crippen molar-refractivity contribution in [3.63, 3.8) is 0 Å². The van der Waals surface area contributed by atoms with Crippen molar-refractivity contribution in [3.05, 3.63) is 69.4 Å². The Balaban J connectivity index is 1.80. The van der Waals surface area contributed by atoms with E-state index in [2.05, 4.69) is 10.3 Å². The maximum Gasteiger partial charge on any atom is 0.268 e. The van der Waals surface area contributed by atoms with Crippen LogP contribution in [0.5, 0.6) is 5.75 Å². The van der Waals surface area contributed by atoms with E-state index in [-0.39, 0.29) is 35.8 Å². The smallest absolute Gasteiger partial charge is 0.268 e. The molecule has 1 unspecified atom stereocenters. The number of hydrogen-bond donors (Lipinski definition) is 3. The molecule has 1 fully saturated rings. The molecule has 1 atom stereocenters. The quantitative estimate of drug-likeness (QED) is 0.470. The van der Waals surface area contributed by atoms with Crippen LogP contribution in [0.1, 0.15) is 41.3 Å². The van der Waals surface area contributed by atoms with Crippen molar-refractivity contribution in [1.29, 1.82) is 0 Å². The number of aromatic nitrogens is 2. The number of carbonyl (C=O) groups excluding carboxylic acids is 2. The number of hydrogen-bond acceptors (Lipinski definition) is 6. The lowest BCUT2D eigenvalue weighted by molar-refractivity contribution is -0.130. The van der Waals surface area contributed by atoms with Gasteiger partial charge in [-0.15, -0.1) is 0 Å². The molecule has 9 nitrogen and oxygen atoms in total. The number of nitrogens with one attached hydrogen (secondary N) is 1. The van der Waals surface area contributed by atoms with Crippen LogP contribution in [0.15, 0.2) is 41.3 Å². The first-order valence-electron chi connectivity index (χ1n) is 11.5. The zero-order chi connectivity index (χ0) is 25.1. The largest absolute Gasteiger partial charge is 0.505 e. The number of rotatable bonds is 7. The Kier molecular flexibility index (Phi) is 7.11. The molecule has 0 bridgehead atoms. The van der Waals surface area contributed by atoms with Crippen molar-refractivity contribution in [2.75, 3.05) is 19.6 Å². The van der Waals surface area contributed by atoms with E-state index in [4.69, 9.17) is 0 Å². The maximum absolute atomic E-state index is 13.4. The first-order chi connectivity index (χ1) is 16.7. The van der Waals surface area contributed by atoms with E-state index in [1.165, 1.54) is 25.3 Å². The molecule has 35 heavy (non-hydrogen) atoms. The minimum absolute atomic E-state index is 0.00359. The predicted octanol–water partition coefficient (Wildman–Crippen LogP) is 1.57. The number of aliphatic hydroxyl groups is 1. The Hall–Kier alpha value is -3.79. The molecule has 10 heteroatoms. The molecule has 0 spiro atoms. The van der Waals surface area contributed by atoms with E-state index in [1.807, 2.05) is 0 Å². The molecular formula is C25H27FN4O5. The number of fused-ring (bicyclic) bond motifs is 1. The topological polar surface area (TPSA) is 125 Å². The second kappa shape index (κ2) is 10.2. The van der Waals surface area contributed by atoms with Crippen LogP contribution in [0.4, 0.5) is 4.39 Å². The average molecular weight is 483 g/mol. The summed E-state index contributed by atoms with van der Waals surface area (Å²) >= 11 is 0. The van der Waals surface area contributed by atoms with Gasteiger partial charge < -0.3 is 20.4 Å². The number of likely N-dealkylation sites (tertiary alicyclic amines) is 1. The van der Waals surface area contributed by atoms with Gasteiger partial charge in [0.1, 0.15) is 23.4 Å². The molecule has 3 N–H and O–H groups in total. The monoisotopic (exact) mass is 482 g/mol. The minimum Gasteiger partial charge on any atom is -0.505 e. The minimum atomic E-state index is -0.866. The lowest BCUT2D eigenvalue weighted by Gasteiger charge is -2.19. The summed E-state index contributed by atoms with van der Waals surface area (Å²) in [5.41, 5.74) is 0.345. The van der Waals surface area contributed by atoms with Gasteiger partial charge in [0.05, 0.1) is 11.6 Å². The molecule has 1 saturated heterocycles. The number of halogens is 1. The van der Waals surface area contributed by atoms with Crippen LogP contribution in [-0.4, -0.2) is 62.2 Å². The highest BCUT2D eigenvalue weighted by molar-refractivity contribution is 6.01. The van der Waals surface area contributed by atoms with E-state index >= 15 is 0 Å². The first kappa shape index (κ1) is 24.3. The standard InChI is InChI=1S/C25H27FN4O5/c1-15(31)12-28-24(34)21-23(33)22-19(30(25(21)35)14-20(32)29-8-2-3-9-29)11-17(13-27-22)10-16-4-6-18(26)7-5-16/h4-7,11,13,15,31,33H,2-3,8-10,12,14H2,1H3,(H,28,34). The third kappa shape index (κ3) is 5.32. The number of aromatic hydroxyl groups is 1. The fraction of sp³-hybridized carbons (Fsp3) is 0.360. The zero-order valence-corrected chi connectivity index (χ0v) is 19.3. The summed E-state index contributed by atoms with van der Waals surface area (Å²) in [5, 5.41) is 22.7. The van der Waals surface area contributed by atoms with Crippen LogP contribution >= 0.6 is 0 Å². The number of aliphatic hydroxyl groups excluding tert-OH is 1. The molecule has 3 aromatic rings. The third-order valence-corrected chi connectivity index (χ3v) is 5.99. The van der Waals surface area contributed by atoms with Gasteiger partial charge in [0.15, 0.2) is 5.75 Å². The molecule has 1 aromatic carbocycles. The summed E-state index contributed by atoms with van der Waals surface area (Å²) in [7, 11) is 0. The van der Waals surface area contributed by atoms with Gasteiger partial charge in [0.25, 0.3) is 11.5 Å². The summed E-state index contributed by atoms with van der Waals surface area (Å²) in [5.74, 6) is -2.08. The van der Waals surface area contributed by atoms with Crippen molar-refractivity contribution >= 4 is 22.8 Å². The second-order valence-electron chi connectivity index (χ2n) is 8.78. The molecule has 0 aliphatic carbocycles. The van der Waals surface area contributed by atoms with Gasteiger partial charge in [0, 0.05) is 25.8 Å². The molecule has 3 heterocycles. The summed E-state index contributed by atoms with van der Waals surface area (Å²) in [4.78, 5) is 45.0. The summed E-state index contributed by atoms with van der Waals surface area (Å²) in [6.07, 6.45) is 2.79. The highest BCUT2D eigenvalue weighted by Gasteiger charge is 2.26. The Morgan fingerprint density at radius 1 is 1.17 bits per heavy atom. The van der Waals surface area contributed by atoms with Crippen molar-refractivity contribution in [3.8, 4) is 5.75 Å². The summed E-state index contributed by atoms with van der Waals surface area (Å²) in [6.45, 7) is 2.23. The number of amides is 2. The van der Waals surface area contributed by atoms with Crippen LogP contribution in [-0.2, 0) is 17.8 Å². The Bertz CT molecular complexity index is 1310. The number of nitrogens with zero attached hydrogens (tertiary/aromatic N) is 3. The normalized spacial score (nSPS) is 14.3. The Morgan fingerprint density at radius 2 is 1.86 bits per heavy atom. The summed E-state index contributed by atoms with van der Waals surface area (Å²) in [6, 6.07) is 7.60. The fourth-order valence-corrected chi connectivity index (χ4v) is 4.17. The van der Waals surface area contributed by atoms with Gasteiger partial charge in [-0.1, -0.05) is 12.1 Å². The van der Waals surface area contributed by atoms with Crippen molar-refractivity contribution in [1.82, 2.24) is 19.8 Å². The third-order valence-electron chi connectivity index (χ3n) is 5.99. The highest BCUT2D eigenvalue weighted by atomic mass is 19.1. The zero-order valence-electron chi connectivity index (χ0n) is 19.3. The molecule has 4 rings (SSSR count). The molecule has 1 aliphatic heterocycles. The first-order valence-corrected chi connectivity index (χ1v) is 11.5. The van der Waals surface area contributed by atoms with E-state index in [0.29, 0.717) is 25.1 Å². The van der Waals surface area contributed by atoms with Crippen LogP contribution < -0.4 is 10.9 Å². The SMILES string of the molecule is CC(O)CNC(=O)c1c(O)c2ncc(Cc3ccc(F)cc3)cc2n(CC(=O)N2CCCC2)c1=O. The van der Waals surface area contributed by atoms with Crippen LogP contribution in [0, 0.1) is 5.82 Å². The molecule has 2 amide bonds. The van der Waals surface area contributed by atoms with Gasteiger partial charge in [-0.05, 0) is 55.5 Å². The van der Waals surface area contributed by atoms with Gasteiger partial charge in [-0.2, -0.15) is 0 Å². The lowest BCUT2D eigenvalue weighted by Crippen LogP contribution is -2.39. The Labute approximate surface area is 200 Å². The molecule has 0 saturated carbocycles. The van der Waals surface area contributed by atoms with Crippen LogP contribution in [0.2, 0.25) is 0 Å². The van der Waals surface area contributed by atoms with E-state index in [9.17, 15) is 29.0 Å². The number of benzene rings is 1. The number of carbonyl (C=O) groups is 2. The van der Waals surface area contributed by atoms with Crippen LogP contribution in [0.25, 0.3) is 11.0 Å². The Morgan fingerprint density at radius 3 is 2.51 bits per heavy atom. The fourth-order valence-electron chi connectivity index (χ4n) is 4.17. The lowest BCUT2D eigenvalue weighted by atomic mass is 10.1. The molecule has 184 valence electrons. The molecule has 2 aromatic heterocycles.